The van der Waals surface area contributed by atoms with E-state index in [2.05, 4.69) is 37.5 Å². The van der Waals surface area contributed by atoms with Crippen molar-refractivity contribution in [2.24, 2.45) is 0 Å². The molecule has 21 heavy (non-hydrogen) atoms. The molecule has 0 aliphatic heterocycles. The number of thiophene rings is 1. The van der Waals surface area contributed by atoms with Crippen molar-refractivity contribution in [3.05, 3.63) is 52.0 Å². The van der Waals surface area contributed by atoms with Crippen molar-refractivity contribution in [3.8, 4) is 0 Å². The molecular formula is C17H23FN2S. The van der Waals surface area contributed by atoms with Crippen LogP contribution in [0.2, 0.25) is 0 Å². The first-order valence-corrected chi connectivity index (χ1v) is 8.15. The van der Waals surface area contributed by atoms with Gasteiger partial charge in [0.05, 0.1) is 11.7 Å². The number of benzene rings is 1. The lowest BCUT2D eigenvalue weighted by Crippen LogP contribution is -2.23. The Morgan fingerprint density at radius 1 is 1.24 bits per heavy atom. The summed E-state index contributed by atoms with van der Waals surface area (Å²) in [7, 11) is 1.94. The van der Waals surface area contributed by atoms with Crippen LogP contribution in [0.15, 0.2) is 35.7 Å². The summed E-state index contributed by atoms with van der Waals surface area (Å²) in [6.45, 7) is 6.96. The van der Waals surface area contributed by atoms with E-state index in [0.29, 0.717) is 18.3 Å². The zero-order chi connectivity index (χ0) is 15.4. The lowest BCUT2D eigenvalue weighted by Gasteiger charge is -2.27. The maximum atomic E-state index is 14.4. The monoisotopic (exact) mass is 306 g/mol. The van der Waals surface area contributed by atoms with E-state index < -0.39 is 0 Å². The van der Waals surface area contributed by atoms with Gasteiger partial charge < -0.3 is 10.2 Å². The number of hydrogen-bond donors (Lipinski definition) is 1. The molecule has 0 aliphatic carbocycles. The maximum absolute atomic E-state index is 14.4. The Morgan fingerprint density at radius 2 is 2.00 bits per heavy atom. The highest BCUT2D eigenvalue weighted by Gasteiger charge is 2.16. The van der Waals surface area contributed by atoms with Gasteiger partial charge in [0.1, 0.15) is 5.82 Å². The van der Waals surface area contributed by atoms with Crippen LogP contribution in [0.5, 0.6) is 0 Å². The number of halogens is 1. The summed E-state index contributed by atoms with van der Waals surface area (Å²) in [5.74, 6) is -0.163. The Morgan fingerprint density at radius 3 is 2.57 bits per heavy atom. The van der Waals surface area contributed by atoms with Crippen molar-refractivity contribution in [2.75, 3.05) is 11.9 Å². The normalized spacial score (nSPS) is 12.7. The molecule has 1 unspecified atom stereocenters. The molecule has 0 fully saturated rings. The minimum absolute atomic E-state index is 0.163. The molecule has 0 amide bonds. The average molecular weight is 306 g/mol. The number of anilines is 1. The third kappa shape index (κ3) is 4.05. The van der Waals surface area contributed by atoms with Crippen LogP contribution >= 0.6 is 11.3 Å². The lowest BCUT2D eigenvalue weighted by molar-refractivity contribution is 0.579. The van der Waals surface area contributed by atoms with Crippen molar-refractivity contribution in [1.82, 2.24) is 5.32 Å². The van der Waals surface area contributed by atoms with Crippen LogP contribution in [0.25, 0.3) is 0 Å². The molecule has 2 aromatic rings. The fourth-order valence-corrected chi connectivity index (χ4v) is 3.02. The van der Waals surface area contributed by atoms with E-state index in [1.54, 1.807) is 17.4 Å². The fourth-order valence-electron chi connectivity index (χ4n) is 2.20. The molecule has 1 heterocycles. The van der Waals surface area contributed by atoms with Gasteiger partial charge in [-0.2, -0.15) is 0 Å². The molecule has 2 rings (SSSR count). The predicted octanol–water partition coefficient (Wildman–Crippen LogP) is 4.58. The van der Waals surface area contributed by atoms with Crippen LogP contribution in [0, 0.1) is 5.82 Å². The predicted molar refractivity (Wildman–Crippen MR) is 89.5 cm³/mol. The molecule has 1 atom stereocenters. The maximum Gasteiger partial charge on any atom is 0.146 e. The first-order chi connectivity index (χ1) is 9.99. The molecule has 114 valence electrons. The molecule has 1 aromatic heterocycles. The van der Waals surface area contributed by atoms with Gasteiger partial charge in [-0.1, -0.05) is 26.0 Å². The highest BCUT2D eigenvalue weighted by atomic mass is 32.1. The zero-order valence-corrected chi connectivity index (χ0v) is 13.9. The molecule has 4 heteroatoms. The Balaban J connectivity index is 2.13. The highest BCUT2D eigenvalue weighted by molar-refractivity contribution is 7.10. The van der Waals surface area contributed by atoms with E-state index in [9.17, 15) is 4.39 Å². The summed E-state index contributed by atoms with van der Waals surface area (Å²) in [6.07, 6.45) is 0. The Bertz CT molecular complexity index is 566. The standard InChI is InChI=1S/C17H23FN2S/c1-12(2)19-11-14-7-8-16(15(18)10-14)20(4)13(3)17-6-5-9-21-17/h5-10,12-13,19H,11H2,1-4H3. The molecule has 2 nitrogen and oxygen atoms in total. The Labute approximate surface area is 130 Å². The first kappa shape index (κ1) is 16.0. The quantitative estimate of drug-likeness (QED) is 0.840. The topological polar surface area (TPSA) is 15.3 Å². The fraction of sp³-hybridized carbons (Fsp3) is 0.412. The van der Waals surface area contributed by atoms with Gasteiger partial charge in [-0.15, -0.1) is 11.3 Å². The number of nitrogens with zero attached hydrogens (tertiary/aromatic N) is 1. The van der Waals surface area contributed by atoms with Crippen LogP contribution in [0.1, 0.15) is 37.3 Å². The van der Waals surface area contributed by atoms with Gasteiger partial charge in [0.15, 0.2) is 0 Å². The van der Waals surface area contributed by atoms with Gasteiger partial charge in [-0.05, 0) is 36.1 Å². The van der Waals surface area contributed by atoms with Crippen LogP contribution < -0.4 is 10.2 Å². The van der Waals surface area contributed by atoms with E-state index >= 15 is 0 Å². The lowest BCUT2D eigenvalue weighted by atomic mass is 10.1. The SMILES string of the molecule is CC(C)NCc1ccc(N(C)C(C)c2cccs2)c(F)c1. The van der Waals surface area contributed by atoms with Gasteiger partial charge >= 0.3 is 0 Å². The molecule has 0 spiro atoms. The molecule has 1 aromatic carbocycles. The summed E-state index contributed by atoms with van der Waals surface area (Å²) >= 11 is 1.70. The van der Waals surface area contributed by atoms with Crippen molar-refractivity contribution >= 4 is 17.0 Å². The summed E-state index contributed by atoms with van der Waals surface area (Å²) in [6, 6.07) is 10.2. The van der Waals surface area contributed by atoms with Crippen molar-refractivity contribution in [2.45, 2.75) is 39.4 Å². The zero-order valence-electron chi connectivity index (χ0n) is 13.1. The Kier molecular flexibility index (Phi) is 5.37. The molecule has 0 saturated heterocycles. The highest BCUT2D eigenvalue weighted by Crippen LogP contribution is 2.30. The van der Waals surface area contributed by atoms with Crippen LogP contribution in [-0.2, 0) is 6.54 Å². The minimum Gasteiger partial charge on any atom is -0.365 e. The average Bonchev–Trinajstić information content (AvgIpc) is 2.98. The van der Waals surface area contributed by atoms with Gasteiger partial charge in [0.2, 0.25) is 0 Å². The van der Waals surface area contributed by atoms with Crippen molar-refractivity contribution in [1.29, 1.82) is 0 Å². The molecule has 0 bridgehead atoms. The van der Waals surface area contributed by atoms with Crippen molar-refractivity contribution < 1.29 is 4.39 Å². The molecule has 0 aliphatic rings. The molecular weight excluding hydrogens is 283 g/mol. The van der Waals surface area contributed by atoms with Crippen molar-refractivity contribution in [3.63, 3.8) is 0 Å². The van der Waals surface area contributed by atoms with Crippen LogP contribution in [0.4, 0.5) is 10.1 Å². The van der Waals surface area contributed by atoms with Gasteiger partial charge in [-0.25, -0.2) is 4.39 Å². The third-order valence-corrected chi connectivity index (χ3v) is 4.68. The van der Waals surface area contributed by atoms with Gasteiger partial charge in [-0.3, -0.25) is 0 Å². The third-order valence-electron chi connectivity index (χ3n) is 3.64. The number of hydrogen-bond acceptors (Lipinski definition) is 3. The summed E-state index contributed by atoms with van der Waals surface area (Å²) in [5, 5.41) is 5.36. The molecule has 1 N–H and O–H groups in total. The second-order valence-electron chi connectivity index (χ2n) is 5.62. The summed E-state index contributed by atoms with van der Waals surface area (Å²) in [5.41, 5.74) is 1.62. The van der Waals surface area contributed by atoms with Crippen LogP contribution in [-0.4, -0.2) is 13.1 Å². The summed E-state index contributed by atoms with van der Waals surface area (Å²) in [4.78, 5) is 3.23. The van der Waals surface area contributed by atoms with Crippen LogP contribution in [0.3, 0.4) is 0 Å². The second kappa shape index (κ2) is 7.05. The van der Waals surface area contributed by atoms with E-state index in [1.165, 1.54) is 4.88 Å². The number of nitrogens with one attached hydrogen (secondary N) is 1. The largest absolute Gasteiger partial charge is 0.365 e. The Hall–Kier alpha value is -1.39. The van der Waals surface area contributed by atoms with Gasteiger partial charge in [0, 0.05) is 24.5 Å². The second-order valence-corrected chi connectivity index (χ2v) is 6.60. The molecule has 0 radical (unpaired) electrons. The summed E-state index contributed by atoms with van der Waals surface area (Å²) < 4.78 is 14.4. The first-order valence-electron chi connectivity index (χ1n) is 7.27. The van der Waals surface area contributed by atoms with E-state index in [-0.39, 0.29) is 11.9 Å². The van der Waals surface area contributed by atoms with Gasteiger partial charge in [0.25, 0.3) is 0 Å². The van der Waals surface area contributed by atoms with E-state index in [4.69, 9.17) is 0 Å². The number of rotatable bonds is 6. The minimum atomic E-state index is -0.163. The van der Waals surface area contributed by atoms with E-state index in [1.807, 2.05) is 30.1 Å². The smallest absolute Gasteiger partial charge is 0.146 e. The van der Waals surface area contributed by atoms with E-state index in [0.717, 1.165) is 5.56 Å². The molecule has 0 saturated carbocycles.